The predicted octanol–water partition coefficient (Wildman–Crippen LogP) is 6.52. The van der Waals surface area contributed by atoms with Crippen molar-refractivity contribution in [1.82, 2.24) is 15.1 Å². The minimum atomic E-state index is -3.98. The van der Waals surface area contributed by atoms with Gasteiger partial charge in [-0.2, -0.15) is 0 Å². The molecular formula is C32H41N5O5S. The molecule has 10 nitrogen and oxygen atoms in total. The van der Waals surface area contributed by atoms with Gasteiger partial charge in [0.15, 0.2) is 17.4 Å². The molecule has 0 aliphatic rings. The SMILES string of the molecule is CCCCOc1c(C)nc(C)nc1N(C)Cc1ccc(-c2ccccc2S(=O)(=O)Nc2noc(C)c2C)c(COCC)c1. The zero-order valence-electron chi connectivity index (χ0n) is 26.0. The van der Waals surface area contributed by atoms with E-state index < -0.39 is 10.0 Å². The summed E-state index contributed by atoms with van der Waals surface area (Å²) in [5.74, 6) is 2.83. The van der Waals surface area contributed by atoms with E-state index in [-0.39, 0.29) is 10.7 Å². The van der Waals surface area contributed by atoms with Crippen molar-refractivity contribution in [1.29, 1.82) is 0 Å². The molecule has 0 aliphatic carbocycles. The summed E-state index contributed by atoms with van der Waals surface area (Å²) in [6.45, 7) is 13.4. The second kappa shape index (κ2) is 14.0. The van der Waals surface area contributed by atoms with Crippen LogP contribution in [0, 0.1) is 27.7 Å². The Bertz CT molecular complexity index is 1670. The summed E-state index contributed by atoms with van der Waals surface area (Å²) in [7, 11) is -2.00. The predicted molar refractivity (Wildman–Crippen MR) is 168 cm³/mol. The Hall–Kier alpha value is -3.96. The smallest absolute Gasteiger partial charge is 0.263 e. The van der Waals surface area contributed by atoms with Gasteiger partial charge < -0.3 is 18.9 Å². The second-order valence-electron chi connectivity index (χ2n) is 10.5. The first-order valence-corrected chi connectivity index (χ1v) is 16.0. The molecule has 0 unspecified atom stereocenters. The van der Waals surface area contributed by atoms with Gasteiger partial charge in [0.25, 0.3) is 10.0 Å². The fraction of sp³-hybridized carbons (Fsp3) is 0.406. The van der Waals surface area contributed by atoms with Crippen LogP contribution in [0.5, 0.6) is 5.75 Å². The third-order valence-electron chi connectivity index (χ3n) is 7.14. The van der Waals surface area contributed by atoms with Gasteiger partial charge in [-0.05, 0) is 63.8 Å². The molecule has 0 radical (unpaired) electrons. The molecule has 1 N–H and O–H groups in total. The summed E-state index contributed by atoms with van der Waals surface area (Å²) in [5, 5.41) is 3.88. The molecule has 0 fully saturated rings. The van der Waals surface area contributed by atoms with E-state index in [0.29, 0.717) is 54.8 Å². The Morgan fingerprint density at radius 2 is 1.77 bits per heavy atom. The van der Waals surface area contributed by atoms with Gasteiger partial charge in [0, 0.05) is 31.3 Å². The van der Waals surface area contributed by atoms with Crippen LogP contribution in [0.2, 0.25) is 0 Å². The quantitative estimate of drug-likeness (QED) is 0.160. The zero-order valence-corrected chi connectivity index (χ0v) is 26.8. The molecule has 0 spiro atoms. The van der Waals surface area contributed by atoms with Crippen molar-refractivity contribution >= 4 is 21.7 Å². The number of nitrogens with one attached hydrogen (secondary N) is 1. The molecule has 0 saturated heterocycles. The summed E-state index contributed by atoms with van der Waals surface area (Å²) in [6, 6.07) is 12.9. The molecule has 2 aromatic heterocycles. The van der Waals surface area contributed by atoms with E-state index in [4.69, 9.17) is 19.0 Å². The van der Waals surface area contributed by atoms with E-state index >= 15 is 0 Å². The summed E-state index contributed by atoms with van der Waals surface area (Å²) in [5.41, 5.74) is 4.67. The van der Waals surface area contributed by atoms with Crippen molar-refractivity contribution in [2.45, 2.75) is 72.4 Å². The topological polar surface area (TPSA) is 120 Å². The van der Waals surface area contributed by atoms with E-state index in [2.05, 4.69) is 27.9 Å². The maximum absolute atomic E-state index is 13.6. The molecule has 2 aromatic carbocycles. The van der Waals surface area contributed by atoms with Crippen LogP contribution in [-0.4, -0.2) is 43.8 Å². The third kappa shape index (κ3) is 7.52. The second-order valence-corrected chi connectivity index (χ2v) is 12.2. The van der Waals surface area contributed by atoms with Crippen molar-refractivity contribution < 1.29 is 22.4 Å². The molecule has 0 atom stereocenters. The van der Waals surface area contributed by atoms with Crippen LogP contribution in [0.3, 0.4) is 0 Å². The number of hydrogen-bond acceptors (Lipinski definition) is 9. The molecule has 11 heteroatoms. The molecule has 4 aromatic rings. The Morgan fingerprint density at radius 1 is 1.00 bits per heavy atom. The van der Waals surface area contributed by atoms with Crippen LogP contribution >= 0.6 is 0 Å². The van der Waals surface area contributed by atoms with Gasteiger partial charge in [-0.3, -0.25) is 4.72 Å². The molecule has 43 heavy (non-hydrogen) atoms. The monoisotopic (exact) mass is 607 g/mol. The number of hydrogen-bond donors (Lipinski definition) is 1. The Morgan fingerprint density at radius 3 is 2.47 bits per heavy atom. The highest BCUT2D eigenvalue weighted by Gasteiger charge is 2.24. The van der Waals surface area contributed by atoms with Crippen molar-refractivity contribution in [2.24, 2.45) is 0 Å². The van der Waals surface area contributed by atoms with Gasteiger partial charge in [0.2, 0.25) is 0 Å². The maximum atomic E-state index is 13.6. The number of sulfonamides is 1. The van der Waals surface area contributed by atoms with Gasteiger partial charge in [-0.25, -0.2) is 18.4 Å². The summed E-state index contributed by atoms with van der Waals surface area (Å²) < 4.78 is 46.9. The Labute approximate surface area is 254 Å². The average molecular weight is 608 g/mol. The normalized spacial score (nSPS) is 11.5. The lowest BCUT2D eigenvalue weighted by Crippen LogP contribution is -2.21. The van der Waals surface area contributed by atoms with Gasteiger partial charge >= 0.3 is 0 Å². The van der Waals surface area contributed by atoms with Crippen molar-refractivity contribution in [3.8, 4) is 16.9 Å². The number of rotatable bonds is 14. The van der Waals surface area contributed by atoms with Gasteiger partial charge in [0.1, 0.15) is 11.6 Å². The maximum Gasteiger partial charge on any atom is 0.263 e. The lowest BCUT2D eigenvalue weighted by molar-refractivity contribution is 0.134. The standard InChI is InChI=1S/C32H41N5O5S/c1-8-10-17-41-30-22(4)33-24(6)34-32(30)37(7)19-25-15-16-27(26(18-25)20-40-9-2)28-13-11-12-14-29(28)43(38,39)36-31-21(3)23(5)42-35-31/h11-16,18H,8-10,17,19-20H2,1-7H3,(H,35,36). The van der Waals surface area contributed by atoms with Crippen LogP contribution in [-0.2, 0) is 27.9 Å². The molecule has 0 amide bonds. The number of unbranched alkanes of at least 4 members (excludes halogenated alkanes) is 1. The van der Waals surface area contributed by atoms with Crippen molar-refractivity contribution in [2.75, 3.05) is 29.9 Å². The molecule has 0 bridgehead atoms. The average Bonchev–Trinajstić information content (AvgIpc) is 3.28. The molecule has 230 valence electrons. The summed E-state index contributed by atoms with van der Waals surface area (Å²) in [4.78, 5) is 11.4. The third-order valence-corrected chi connectivity index (χ3v) is 8.54. The van der Waals surface area contributed by atoms with Crippen LogP contribution in [0.25, 0.3) is 11.1 Å². The van der Waals surface area contributed by atoms with Crippen molar-refractivity contribution in [3.05, 3.63) is 76.4 Å². The number of anilines is 2. The number of aryl methyl sites for hydroxylation is 3. The van der Waals surface area contributed by atoms with Crippen molar-refractivity contribution in [3.63, 3.8) is 0 Å². The number of benzene rings is 2. The lowest BCUT2D eigenvalue weighted by atomic mass is 9.97. The lowest BCUT2D eigenvalue weighted by Gasteiger charge is -2.23. The first-order chi connectivity index (χ1) is 20.6. The van der Waals surface area contributed by atoms with Gasteiger partial charge in [0.05, 0.1) is 23.8 Å². The zero-order chi connectivity index (χ0) is 31.1. The summed E-state index contributed by atoms with van der Waals surface area (Å²) >= 11 is 0. The van der Waals surface area contributed by atoms with Crippen LogP contribution < -0.4 is 14.4 Å². The number of nitrogens with zero attached hydrogens (tertiary/aromatic N) is 4. The highest BCUT2D eigenvalue weighted by molar-refractivity contribution is 7.92. The fourth-order valence-corrected chi connectivity index (χ4v) is 6.02. The molecule has 0 saturated carbocycles. The van der Waals surface area contributed by atoms with E-state index in [0.717, 1.165) is 41.0 Å². The highest BCUT2D eigenvalue weighted by Crippen LogP contribution is 2.34. The van der Waals surface area contributed by atoms with Crippen LogP contribution in [0.4, 0.5) is 11.6 Å². The van der Waals surface area contributed by atoms with E-state index in [1.54, 1.807) is 32.0 Å². The van der Waals surface area contributed by atoms with Gasteiger partial charge in [-0.1, -0.05) is 54.9 Å². The first kappa shape index (κ1) is 32.0. The number of aromatic nitrogens is 3. The minimum absolute atomic E-state index is 0.137. The molecule has 2 heterocycles. The van der Waals surface area contributed by atoms with Crippen LogP contribution in [0.1, 0.15) is 60.7 Å². The van der Waals surface area contributed by atoms with E-state index in [1.165, 1.54) is 0 Å². The van der Waals surface area contributed by atoms with E-state index in [9.17, 15) is 8.42 Å². The Kier molecular flexibility index (Phi) is 10.4. The molecule has 0 aliphatic heterocycles. The minimum Gasteiger partial charge on any atom is -0.488 e. The Balaban J connectivity index is 1.69. The highest BCUT2D eigenvalue weighted by atomic mass is 32.2. The fourth-order valence-electron chi connectivity index (χ4n) is 4.74. The van der Waals surface area contributed by atoms with Crippen LogP contribution in [0.15, 0.2) is 51.9 Å². The van der Waals surface area contributed by atoms with Gasteiger partial charge in [-0.15, -0.1) is 0 Å². The summed E-state index contributed by atoms with van der Waals surface area (Å²) in [6.07, 6.45) is 1.98. The van der Waals surface area contributed by atoms with E-state index in [1.807, 2.05) is 50.9 Å². The largest absolute Gasteiger partial charge is 0.488 e. The first-order valence-electron chi connectivity index (χ1n) is 14.5. The molecular weight excluding hydrogens is 566 g/mol. The molecule has 4 rings (SSSR count). The number of ether oxygens (including phenoxy) is 2.